The van der Waals surface area contributed by atoms with Gasteiger partial charge in [0.05, 0.1) is 5.56 Å². The van der Waals surface area contributed by atoms with Gasteiger partial charge in [0.25, 0.3) is 5.91 Å². The Morgan fingerprint density at radius 3 is 2.85 bits per heavy atom. The molecule has 27 heavy (non-hydrogen) atoms. The molecule has 0 unspecified atom stereocenters. The number of hydrogen-bond acceptors (Lipinski definition) is 5. The number of anilines is 1. The number of nitrogens with zero attached hydrogens (tertiary/aromatic N) is 4. The number of nitrogens with one attached hydrogen (secondary N) is 1. The molecular weight excluding hydrogens is 365 g/mol. The molecule has 0 bridgehead atoms. The molecule has 8 heteroatoms. The lowest BCUT2D eigenvalue weighted by Crippen LogP contribution is -2.13. The van der Waals surface area contributed by atoms with Crippen molar-refractivity contribution in [3.8, 4) is 10.6 Å². The predicted molar refractivity (Wildman–Crippen MR) is 102 cm³/mol. The molecule has 0 radical (unpaired) electrons. The molecule has 2 aromatic carbocycles. The second-order valence-corrected chi connectivity index (χ2v) is 6.94. The fraction of sp³-hybridized carbons (Fsp3) is 0.158. The lowest BCUT2D eigenvalue weighted by molar-refractivity contribution is 0.102. The average molecular weight is 381 g/mol. The summed E-state index contributed by atoms with van der Waals surface area (Å²) in [7, 11) is 0. The van der Waals surface area contributed by atoms with Crippen LogP contribution in [0.25, 0.3) is 15.5 Å². The summed E-state index contributed by atoms with van der Waals surface area (Å²) in [6, 6.07) is 13.2. The number of amides is 1. The van der Waals surface area contributed by atoms with Crippen LogP contribution in [0, 0.1) is 5.82 Å². The zero-order valence-corrected chi connectivity index (χ0v) is 15.3. The number of hydrogen-bond donors (Lipinski definition) is 1. The third-order valence-corrected chi connectivity index (χ3v) is 4.96. The van der Waals surface area contributed by atoms with Crippen LogP contribution in [0.15, 0.2) is 48.5 Å². The second kappa shape index (κ2) is 7.24. The van der Waals surface area contributed by atoms with Gasteiger partial charge in [-0.2, -0.15) is 9.61 Å². The summed E-state index contributed by atoms with van der Waals surface area (Å²) in [5.74, 6) is -0.212. The first-order valence-electron chi connectivity index (χ1n) is 8.53. The highest BCUT2D eigenvalue weighted by Crippen LogP contribution is 2.28. The topological polar surface area (TPSA) is 72.2 Å². The number of carbonyl (C=O) groups excluding carboxylic acids is 1. The van der Waals surface area contributed by atoms with Gasteiger partial charge in [0.1, 0.15) is 10.8 Å². The van der Waals surface area contributed by atoms with Gasteiger partial charge in [-0.15, -0.1) is 10.2 Å². The monoisotopic (exact) mass is 381 g/mol. The first-order chi connectivity index (χ1) is 13.2. The molecule has 1 amide bonds. The van der Waals surface area contributed by atoms with Crippen molar-refractivity contribution in [3.05, 3.63) is 65.7 Å². The Kier molecular flexibility index (Phi) is 4.64. The van der Waals surface area contributed by atoms with Crippen LogP contribution in [0.5, 0.6) is 0 Å². The maximum absolute atomic E-state index is 13.8. The summed E-state index contributed by atoms with van der Waals surface area (Å²) < 4.78 is 15.5. The van der Waals surface area contributed by atoms with Gasteiger partial charge in [0, 0.05) is 17.7 Å². The van der Waals surface area contributed by atoms with Crippen LogP contribution in [0.2, 0.25) is 0 Å². The Bertz CT molecular complexity index is 1120. The van der Waals surface area contributed by atoms with Crippen molar-refractivity contribution in [3.63, 3.8) is 0 Å². The molecule has 0 aliphatic heterocycles. The van der Waals surface area contributed by atoms with E-state index in [0.717, 1.165) is 34.2 Å². The van der Waals surface area contributed by atoms with Gasteiger partial charge in [-0.1, -0.05) is 42.5 Å². The van der Waals surface area contributed by atoms with Crippen molar-refractivity contribution < 1.29 is 9.18 Å². The van der Waals surface area contributed by atoms with Crippen molar-refractivity contribution in [2.45, 2.75) is 19.8 Å². The number of halogens is 1. The first-order valence-corrected chi connectivity index (χ1v) is 9.35. The Morgan fingerprint density at radius 1 is 1.19 bits per heavy atom. The Morgan fingerprint density at radius 2 is 2.04 bits per heavy atom. The van der Waals surface area contributed by atoms with Gasteiger partial charge in [-0.3, -0.25) is 4.79 Å². The minimum atomic E-state index is -0.553. The molecule has 136 valence electrons. The molecule has 2 heterocycles. The zero-order valence-electron chi connectivity index (χ0n) is 14.5. The van der Waals surface area contributed by atoms with Gasteiger partial charge in [0.2, 0.25) is 4.96 Å². The fourth-order valence-corrected chi connectivity index (χ4v) is 3.58. The first kappa shape index (κ1) is 17.3. The van der Waals surface area contributed by atoms with Crippen molar-refractivity contribution in [2.24, 2.45) is 0 Å². The van der Waals surface area contributed by atoms with E-state index in [-0.39, 0.29) is 5.56 Å². The zero-order chi connectivity index (χ0) is 18.8. The third kappa shape index (κ3) is 3.43. The molecular formula is C19H16FN5OS. The van der Waals surface area contributed by atoms with Gasteiger partial charge < -0.3 is 5.32 Å². The summed E-state index contributed by atoms with van der Waals surface area (Å²) in [5.41, 5.74) is 1.42. The van der Waals surface area contributed by atoms with Crippen molar-refractivity contribution in [2.75, 3.05) is 5.32 Å². The molecule has 0 spiro atoms. The minimum absolute atomic E-state index is 0.00547. The Balaban J connectivity index is 1.61. The molecule has 4 rings (SSSR count). The van der Waals surface area contributed by atoms with E-state index in [4.69, 9.17) is 0 Å². The largest absolute Gasteiger partial charge is 0.322 e. The summed E-state index contributed by atoms with van der Waals surface area (Å²) in [6.07, 6.45) is 1.77. The number of aromatic nitrogens is 4. The van der Waals surface area contributed by atoms with Crippen LogP contribution in [0.3, 0.4) is 0 Å². The van der Waals surface area contributed by atoms with Crippen LogP contribution in [-0.4, -0.2) is 25.7 Å². The number of rotatable bonds is 5. The van der Waals surface area contributed by atoms with E-state index in [1.807, 2.05) is 18.2 Å². The molecule has 0 atom stereocenters. The predicted octanol–water partition coefficient (Wildman–Crippen LogP) is 4.20. The Labute approximate surface area is 158 Å². The van der Waals surface area contributed by atoms with Gasteiger partial charge >= 0.3 is 0 Å². The highest BCUT2D eigenvalue weighted by atomic mass is 32.1. The minimum Gasteiger partial charge on any atom is -0.322 e. The molecule has 0 saturated heterocycles. The normalized spacial score (nSPS) is 11.0. The van der Waals surface area contributed by atoms with Gasteiger partial charge in [-0.25, -0.2) is 4.39 Å². The average Bonchev–Trinajstić information content (AvgIpc) is 3.24. The summed E-state index contributed by atoms with van der Waals surface area (Å²) in [5, 5.41) is 16.4. The van der Waals surface area contributed by atoms with Crippen LogP contribution >= 0.6 is 11.3 Å². The SMILES string of the molecule is CCCc1nnc2sc(-c3cccc(NC(=O)c4ccccc4F)c3)nn12. The van der Waals surface area contributed by atoms with Crippen LogP contribution in [0.4, 0.5) is 10.1 Å². The fourth-order valence-electron chi connectivity index (χ4n) is 2.73. The van der Waals surface area contributed by atoms with E-state index in [1.54, 1.807) is 22.7 Å². The summed E-state index contributed by atoms with van der Waals surface area (Å²) >= 11 is 1.43. The van der Waals surface area contributed by atoms with Gasteiger partial charge in [0.15, 0.2) is 5.82 Å². The van der Waals surface area contributed by atoms with E-state index < -0.39 is 11.7 Å². The molecule has 0 saturated carbocycles. The maximum Gasteiger partial charge on any atom is 0.258 e. The quantitative estimate of drug-likeness (QED) is 0.562. The van der Waals surface area contributed by atoms with E-state index >= 15 is 0 Å². The molecule has 2 aromatic heterocycles. The molecule has 0 aliphatic rings. The summed E-state index contributed by atoms with van der Waals surface area (Å²) in [4.78, 5) is 13.0. The highest BCUT2D eigenvalue weighted by Gasteiger charge is 2.14. The number of aryl methyl sites for hydroxylation is 1. The molecule has 0 fully saturated rings. The van der Waals surface area contributed by atoms with Crippen LogP contribution in [-0.2, 0) is 6.42 Å². The molecule has 6 nitrogen and oxygen atoms in total. The van der Waals surface area contributed by atoms with Crippen LogP contribution in [0.1, 0.15) is 29.5 Å². The molecule has 0 aliphatic carbocycles. The van der Waals surface area contributed by atoms with Crippen LogP contribution < -0.4 is 5.32 Å². The number of carbonyl (C=O) groups is 1. The maximum atomic E-state index is 13.8. The standard InChI is InChI=1S/C19H16FN5OS/c1-2-6-16-22-23-19-25(16)24-18(27-19)12-7-5-8-13(11-12)21-17(26)14-9-3-4-10-15(14)20/h3-5,7-11H,2,6H2,1H3,(H,21,26). The van der Waals surface area contributed by atoms with E-state index in [1.165, 1.54) is 23.5 Å². The van der Waals surface area contributed by atoms with E-state index in [2.05, 4.69) is 27.5 Å². The lowest BCUT2D eigenvalue weighted by atomic mass is 10.1. The van der Waals surface area contributed by atoms with Crippen molar-refractivity contribution in [1.29, 1.82) is 0 Å². The van der Waals surface area contributed by atoms with Crippen molar-refractivity contribution in [1.82, 2.24) is 19.8 Å². The second-order valence-electron chi connectivity index (χ2n) is 5.98. The van der Waals surface area contributed by atoms with Crippen molar-refractivity contribution >= 4 is 27.9 Å². The summed E-state index contributed by atoms with van der Waals surface area (Å²) in [6.45, 7) is 2.08. The van der Waals surface area contributed by atoms with Gasteiger partial charge in [-0.05, 0) is 30.7 Å². The number of benzene rings is 2. The Hall–Kier alpha value is -3.13. The smallest absolute Gasteiger partial charge is 0.258 e. The lowest BCUT2D eigenvalue weighted by Gasteiger charge is -2.07. The molecule has 1 N–H and O–H groups in total. The highest BCUT2D eigenvalue weighted by molar-refractivity contribution is 7.19. The number of fused-ring (bicyclic) bond motifs is 1. The molecule has 4 aromatic rings. The third-order valence-electron chi connectivity index (χ3n) is 4.01. The van der Waals surface area contributed by atoms with E-state index in [0.29, 0.717) is 5.69 Å². The van der Waals surface area contributed by atoms with E-state index in [9.17, 15) is 9.18 Å².